The van der Waals surface area contributed by atoms with Crippen LogP contribution in [0, 0.1) is 0 Å². The first-order chi connectivity index (χ1) is 8.83. The Labute approximate surface area is 111 Å². The van der Waals surface area contributed by atoms with Gasteiger partial charge in [-0.25, -0.2) is 13.6 Å². The van der Waals surface area contributed by atoms with E-state index in [4.69, 9.17) is 10.9 Å². The highest BCUT2D eigenvalue weighted by molar-refractivity contribution is 7.89. The molecule has 1 aromatic carbocycles. The van der Waals surface area contributed by atoms with E-state index in [-0.39, 0.29) is 0 Å². The van der Waals surface area contributed by atoms with Crippen molar-refractivity contribution in [1.29, 1.82) is 0 Å². The maximum atomic E-state index is 11.6. The van der Waals surface area contributed by atoms with Crippen LogP contribution < -0.4 is 16.2 Å². The molecule has 104 valence electrons. The summed E-state index contributed by atoms with van der Waals surface area (Å²) >= 11 is 0. The Kier molecular flexibility index (Phi) is 5.16. The second-order valence-electron chi connectivity index (χ2n) is 3.97. The Morgan fingerprint density at radius 1 is 1.32 bits per heavy atom. The third kappa shape index (κ3) is 5.16. The number of nitrogens with two attached hydrogens (primary N) is 2. The van der Waals surface area contributed by atoms with E-state index >= 15 is 0 Å². The Morgan fingerprint density at radius 2 is 1.89 bits per heavy atom. The minimum atomic E-state index is -3.85. The van der Waals surface area contributed by atoms with Crippen molar-refractivity contribution < 1.29 is 18.0 Å². The van der Waals surface area contributed by atoms with Gasteiger partial charge in [-0.3, -0.25) is 4.79 Å². The van der Waals surface area contributed by atoms with E-state index < -0.39 is 33.8 Å². The molecule has 0 aliphatic rings. The molecule has 0 radical (unpaired) electrons. The zero-order valence-electron chi connectivity index (χ0n) is 10.0. The second kappa shape index (κ2) is 6.41. The van der Waals surface area contributed by atoms with Gasteiger partial charge in [-0.2, -0.15) is 0 Å². The average Bonchev–Trinajstić information content (AvgIpc) is 2.34. The van der Waals surface area contributed by atoms with Crippen LogP contribution in [-0.4, -0.2) is 32.4 Å². The molecule has 1 amide bonds. The van der Waals surface area contributed by atoms with Gasteiger partial charge in [0.2, 0.25) is 15.9 Å². The molecule has 0 fully saturated rings. The van der Waals surface area contributed by atoms with Crippen LogP contribution in [0.3, 0.4) is 0 Å². The van der Waals surface area contributed by atoms with E-state index in [2.05, 4.69) is 5.32 Å². The van der Waals surface area contributed by atoms with Crippen molar-refractivity contribution in [2.75, 3.05) is 5.75 Å². The number of amides is 1. The van der Waals surface area contributed by atoms with Crippen LogP contribution in [0.2, 0.25) is 0 Å². The minimum absolute atomic E-state index is 0.539. The summed E-state index contributed by atoms with van der Waals surface area (Å²) in [5.41, 5.74) is 5.97. The van der Waals surface area contributed by atoms with Gasteiger partial charge in [-0.05, 0) is 5.56 Å². The van der Waals surface area contributed by atoms with E-state index in [0.717, 1.165) is 0 Å². The van der Waals surface area contributed by atoms with E-state index in [1.165, 1.54) is 0 Å². The van der Waals surface area contributed by atoms with Crippen LogP contribution in [-0.2, 0) is 19.6 Å². The van der Waals surface area contributed by atoms with Gasteiger partial charge in [0.15, 0.2) is 0 Å². The third-order valence-corrected chi connectivity index (χ3v) is 3.16. The Bertz CT molecular complexity index is 544. The van der Waals surface area contributed by atoms with Crippen LogP contribution >= 0.6 is 0 Å². The van der Waals surface area contributed by atoms with E-state index in [0.29, 0.717) is 11.8 Å². The monoisotopic (exact) mass is 285 g/mol. The molecule has 0 bridgehead atoms. The van der Waals surface area contributed by atoms with Crippen molar-refractivity contribution in [1.82, 2.24) is 5.32 Å². The van der Waals surface area contributed by atoms with Crippen molar-refractivity contribution in [3.8, 4) is 0 Å². The molecule has 7 nitrogen and oxygen atoms in total. The summed E-state index contributed by atoms with van der Waals surface area (Å²) < 4.78 is 21.6. The van der Waals surface area contributed by atoms with E-state index in [9.17, 15) is 18.0 Å². The number of benzene rings is 1. The molecule has 1 rings (SSSR count). The summed E-state index contributed by atoms with van der Waals surface area (Å²) in [6.45, 7) is 0. The fraction of sp³-hybridized carbons (Fsp3) is 0.273. The molecule has 2 unspecified atom stereocenters. The predicted octanol–water partition coefficient (Wildman–Crippen LogP) is -1.34. The van der Waals surface area contributed by atoms with Crippen LogP contribution in [0.15, 0.2) is 30.3 Å². The first-order valence-corrected chi connectivity index (χ1v) is 7.11. The molecule has 8 heteroatoms. The second-order valence-corrected chi connectivity index (χ2v) is 5.63. The highest BCUT2D eigenvalue weighted by Crippen LogP contribution is 2.09. The lowest BCUT2D eigenvalue weighted by Gasteiger charge is -2.16. The molecule has 0 aliphatic carbocycles. The van der Waals surface area contributed by atoms with Crippen LogP contribution in [0.4, 0.5) is 0 Å². The normalized spacial score (nSPS) is 14.4. The largest absolute Gasteiger partial charge is 0.341 e. The molecular formula is C11H15N3O4S. The number of primary sulfonamides is 1. The van der Waals surface area contributed by atoms with Crippen LogP contribution in [0.25, 0.3) is 0 Å². The van der Waals surface area contributed by atoms with Gasteiger partial charge in [0.25, 0.3) is 0 Å². The Balaban J connectivity index is 2.72. The standard InChI is InChI=1S/C11H15N3O4S/c12-9(7-19(13,17)18)11(16)14-10(6-15)8-4-2-1-3-5-8/h1-6,9-10H,7,12H2,(H,14,16)(H2,13,17,18). The summed E-state index contributed by atoms with van der Waals surface area (Å²) in [5.74, 6) is -1.44. The first kappa shape index (κ1) is 15.3. The zero-order chi connectivity index (χ0) is 14.5. The predicted molar refractivity (Wildman–Crippen MR) is 69.3 cm³/mol. The molecule has 0 aromatic heterocycles. The van der Waals surface area contributed by atoms with Gasteiger partial charge < -0.3 is 15.8 Å². The molecular weight excluding hydrogens is 270 g/mol. The van der Waals surface area contributed by atoms with E-state index in [1.807, 2.05) is 0 Å². The SMILES string of the molecule is NC(CS(N)(=O)=O)C(=O)NC(C=O)c1ccccc1. The maximum Gasteiger partial charge on any atom is 0.238 e. The quantitative estimate of drug-likeness (QED) is 0.556. The summed E-state index contributed by atoms with van der Waals surface area (Å²) in [5, 5.41) is 7.14. The number of aldehydes is 1. The van der Waals surface area contributed by atoms with Gasteiger partial charge in [0.05, 0.1) is 11.8 Å². The number of hydrogen-bond acceptors (Lipinski definition) is 5. The van der Waals surface area contributed by atoms with Gasteiger partial charge in [-0.1, -0.05) is 30.3 Å². The fourth-order valence-electron chi connectivity index (χ4n) is 1.44. The lowest BCUT2D eigenvalue weighted by Crippen LogP contribution is -2.47. The Morgan fingerprint density at radius 3 is 2.37 bits per heavy atom. The van der Waals surface area contributed by atoms with Crippen molar-refractivity contribution in [3.63, 3.8) is 0 Å². The van der Waals surface area contributed by atoms with Crippen LogP contribution in [0.1, 0.15) is 11.6 Å². The molecule has 0 heterocycles. The number of carbonyl (C=O) groups is 2. The van der Waals surface area contributed by atoms with Gasteiger partial charge in [-0.15, -0.1) is 0 Å². The molecule has 0 spiro atoms. The zero-order valence-corrected chi connectivity index (χ0v) is 10.8. The number of sulfonamides is 1. The van der Waals surface area contributed by atoms with Gasteiger partial charge >= 0.3 is 0 Å². The molecule has 0 aliphatic heterocycles. The molecule has 5 N–H and O–H groups in total. The van der Waals surface area contributed by atoms with Gasteiger partial charge in [0, 0.05) is 0 Å². The smallest absolute Gasteiger partial charge is 0.238 e. The topological polar surface area (TPSA) is 132 Å². The number of rotatable bonds is 6. The molecule has 0 saturated heterocycles. The van der Waals surface area contributed by atoms with Crippen molar-refractivity contribution in [2.45, 2.75) is 12.1 Å². The first-order valence-electron chi connectivity index (χ1n) is 5.40. The average molecular weight is 285 g/mol. The summed E-state index contributed by atoms with van der Waals surface area (Å²) in [6, 6.07) is 6.31. The molecule has 19 heavy (non-hydrogen) atoms. The fourth-order valence-corrected chi connectivity index (χ4v) is 2.09. The lowest BCUT2D eigenvalue weighted by atomic mass is 10.1. The summed E-state index contributed by atoms with van der Waals surface area (Å²) in [4.78, 5) is 22.6. The summed E-state index contributed by atoms with van der Waals surface area (Å²) in [7, 11) is -3.85. The number of hydrogen-bond donors (Lipinski definition) is 3. The molecule has 2 atom stereocenters. The third-order valence-electron chi connectivity index (χ3n) is 2.34. The number of carbonyl (C=O) groups excluding carboxylic acids is 2. The maximum absolute atomic E-state index is 11.6. The number of nitrogens with one attached hydrogen (secondary N) is 1. The van der Waals surface area contributed by atoms with Gasteiger partial charge in [0.1, 0.15) is 12.3 Å². The minimum Gasteiger partial charge on any atom is -0.341 e. The molecule has 0 saturated carbocycles. The van der Waals surface area contributed by atoms with Crippen molar-refractivity contribution in [2.24, 2.45) is 10.9 Å². The molecule has 1 aromatic rings. The lowest BCUT2D eigenvalue weighted by molar-refractivity contribution is -0.124. The van der Waals surface area contributed by atoms with E-state index in [1.54, 1.807) is 30.3 Å². The van der Waals surface area contributed by atoms with Crippen LogP contribution in [0.5, 0.6) is 0 Å². The highest BCUT2D eigenvalue weighted by Gasteiger charge is 2.22. The van der Waals surface area contributed by atoms with Crippen molar-refractivity contribution >= 4 is 22.2 Å². The van der Waals surface area contributed by atoms with Crippen molar-refractivity contribution in [3.05, 3.63) is 35.9 Å². The summed E-state index contributed by atoms with van der Waals surface area (Å²) in [6.07, 6.45) is 0.539. The Hall–Kier alpha value is -1.77. The highest BCUT2D eigenvalue weighted by atomic mass is 32.2.